The molecule has 0 aromatic heterocycles. The summed E-state index contributed by atoms with van der Waals surface area (Å²) in [7, 11) is -4.79. The Hall–Kier alpha value is -4.12. The number of hydrogen-bond donors (Lipinski definition) is 2. The van der Waals surface area contributed by atoms with Crippen molar-refractivity contribution in [2.75, 3.05) is 26.4 Å². The molecule has 0 spiro atoms. The lowest BCUT2D eigenvalue weighted by Crippen LogP contribution is -2.30. The fourth-order valence-corrected chi connectivity index (χ4v) is 7.55. The summed E-state index contributed by atoms with van der Waals surface area (Å²) in [4.78, 5) is 48.4. The molecule has 0 aromatic rings. The Bertz CT molecular complexity index is 1670. The van der Waals surface area contributed by atoms with Crippen LogP contribution in [0.1, 0.15) is 201 Å². The van der Waals surface area contributed by atoms with E-state index in [0.717, 1.165) is 103 Å². The molecule has 0 heterocycles. The van der Waals surface area contributed by atoms with Crippen LogP contribution in [0.25, 0.3) is 0 Å². The fourth-order valence-electron chi connectivity index (χ4n) is 6.77. The summed E-state index contributed by atoms with van der Waals surface area (Å²) in [5.74, 6) is -1.66. The van der Waals surface area contributed by atoms with Crippen LogP contribution in [-0.2, 0) is 42.2 Å². The van der Waals surface area contributed by atoms with Crippen molar-refractivity contribution in [1.82, 2.24) is 0 Å². The van der Waals surface area contributed by atoms with E-state index in [2.05, 4.69) is 118 Å². The second-order valence-electron chi connectivity index (χ2n) is 17.6. The molecule has 0 aliphatic rings. The first-order valence-electron chi connectivity index (χ1n) is 27.4. The maximum Gasteiger partial charge on any atom is 0.472 e. The van der Waals surface area contributed by atoms with Gasteiger partial charge < -0.3 is 24.2 Å². The molecule has 0 aromatic carbocycles. The molecule has 3 unspecified atom stereocenters. The highest BCUT2D eigenvalue weighted by Crippen LogP contribution is 2.43. The number of unbranched alkanes of at least 4 members (excludes halogenated alkanes) is 13. The normalized spacial score (nSPS) is 14.3. The molecule has 3 atom stereocenters. The van der Waals surface area contributed by atoms with E-state index in [4.69, 9.17) is 23.3 Å². The van der Waals surface area contributed by atoms with Crippen LogP contribution in [0.15, 0.2) is 122 Å². The van der Waals surface area contributed by atoms with E-state index in [1.807, 2.05) is 18.2 Å². The topological polar surface area (TPSA) is 155 Å². The monoisotopic (exact) mass is 1020 g/mol. The van der Waals surface area contributed by atoms with Crippen LogP contribution in [0.5, 0.6) is 0 Å². The van der Waals surface area contributed by atoms with E-state index >= 15 is 0 Å². The number of phosphoric acid groups is 1. The third-order valence-electron chi connectivity index (χ3n) is 10.9. The highest BCUT2D eigenvalue weighted by atomic mass is 31.2. The highest BCUT2D eigenvalue weighted by Gasteiger charge is 2.28. The third kappa shape index (κ3) is 50.8. The van der Waals surface area contributed by atoms with Crippen LogP contribution in [0.3, 0.4) is 0 Å². The van der Waals surface area contributed by atoms with E-state index in [1.54, 1.807) is 6.08 Å². The average molecular weight is 1030 g/mol. The van der Waals surface area contributed by atoms with Crippen LogP contribution in [0.4, 0.5) is 0 Å². The predicted octanol–water partition coefficient (Wildman–Crippen LogP) is 16.0. The van der Waals surface area contributed by atoms with Crippen LogP contribution < -0.4 is 0 Å². The van der Waals surface area contributed by atoms with Crippen molar-refractivity contribution < 1.29 is 52.2 Å². The average Bonchev–Trinajstić information content (AvgIpc) is 3.37. The standard InChI is InChI=1S/C60H97O11P/c1-4-7-10-13-16-19-22-25-27-28-30-33-36-39-42-45-48-51-60(64)71-57(53-67-58(62)49-46-43-40-37-34-31-24-21-18-15-12-9-6-3)55-69-72(65,66)68-54-56(52-61)70-59(63)50-47-44-41-38-35-32-29-26-23-20-17-14-11-8-5-2/h8-9,11-12,16-21,25-27,29,31,34-35,38,44,47,56-57,61H,4-7,10,13-15,22-24,28,30,32-33,36-37,39-43,45-46,48-55H2,1-3H3,(H,65,66)/b11-8-,12-9-,19-16-,20-17-,21-18-,27-25-,29-26-,34-31-,38-35-,47-44-. The maximum absolute atomic E-state index is 12.9. The smallest absolute Gasteiger partial charge is 0.462 e. The number of hydrogen-bond acceptors (Lipinski definition) is 10. The number of carbonyl (C=O) groups excluding carboxylic acids is 3. The van der Waals surface area contributed by atoms with E-state index in [-0.39, 0.29) is 25.9 Å². The lowest BCUT2D eigenvalue weighted by Gasteiger charge is -2.21. The first-order valence-corrected chi connectivity index (χ1v) is 28.9. The largest absolute Gasteiger partial charge is 0.472 e. The molecule has 12 heteroatoms. The minimum absolute atomic E-state index is 0.0633. The Balaban J connectivity index is 4.87. The predicted molar refractivity (Wildman–Crippen MR) is 297 cm³/mol. The van der Waals surface area contributed by atoms with Gasteiger partial charge in [-0.1, -0.05) is 194 Å². The number of aliphatic hydroxyl groups is 1. The van der Waals surface area contributed by atoms with Gasteiger partial charge >= 0.3 is 25.7 Å². The molecule has 0 bridgehead atoms. The van der Waals surface area contributed by atoms with E-state index in [1.165, 1.54) is 38.5 Å². The van der Waals surface area contributed by atoms with E-state index in [0.29, 0.717) is 19.3 Å². The Kier molecular flexibility index (Phi) is 50.1. The molecule has 11 nitrogen and oxygen atoms in total. The summed E-state index contributed by atoms with van der Waals surface area (Å²) < 4.78 is 39.3. The second kappa shape index (κ2) is 53.2. The van der Waals surface area contributed by atoms with Gasteiger partial charge in [-0.15, -0.1) is 0 Å². The first kappa shape index (κ1) is 67.9. The summed E-state index contributed by atoms with van der Waals surface area (Å²) in [5, 5.41) is 9.78. The van der Waals surface area contributed by atoms with Gasteiger partial charge in [0, 0.05) is 12.8 Å². The highest BCUT2D eigenvalue weighted by molar-refractivity contribution is 7.47. The van der Waals surface area contributed by atoms with Crippen molar-refractivity contribution in [3.05, 3.63) is 122 Å². The summed E-state index contributed by atoms with van der Waals surface area (Å²) >= 11 is 0. The van der Waals surface area contributed by atoms with Crippen LogP contribution in [0, 0.1) is 0 Å². The molecule has 0 aliphatic carbocycles. The second-order valence-corrected chi connectivity index (χ2v) is 19.1. The Labute approximate surface area is 437 Å². The Morgan fingerprint density at radius 2 is 0.778 bits per heavy atom. The minimum Gasteiger partial charge on any atom is -0.462 e. The number of carbonyl (C=O) groups is 3. The molecule has 0 radical (unpaired) electrons. The van der Waals surface area contributed by atoms with Crippen molar-refractivity contribution in [3.8, 4) is 0 Å². The minimum atomic E-state index is -4.79. The van der Waals surface area contributed by atoms with E-state index < -0.39 is 57.8 Å². The first-order chi connectivity index (χ1) is 35.2. The van der Waals surface area contributed by atoms with Crippen molar-refractivity contribution in [1.29, 1.82) is 0 Å². The molecule has 0 rings (SSSR count). The molecular formula is C60H97O11P. The fraction of sp³-hybridized carbons (Fsp3) is 0.617. The van der Waals surface area contributed by atoms with Gasteiger partial charge in [-0.3, -0.25) is 23.4 Å². The summed E-state index contributed by atoms with van der Waals surface area (Å²) in [6.45, 7) is 4.21. The lowest BCUT2D eigenvalue weighted by atomic mass is 10.1. The number of rotatable bonds is 49. The summed E-state index contributed by atoms with van der Waals surface area (Å²) in [6, 6.07) is 0. The molecule has 0 aliphatic heterocycles. The number of esters is 3. The number of aliphatic hydroxyl groups excluding tert-OH is 1. The van der Waals surface area contributed by atoms with E-state index in [9.17, 15) is 28.9 Å². The number of ether oxygens (including phenoxy) is 3. The molecule has 0 amide bonds. The Morgan fingerprint density at radius 1 is 0.417 bits per heavy atom. The van der Waals surface area contributed by atoms with Gasteiger partial charge in [-0.25, -0.2) is 4.57 Å². The number of phosphoric ester groups is 1. The van der Waals surface area contributed by atoms with Gasteiger partial charge in [-0.05, 0) is 109 Å². The zero-order valence-corrected chi connectivity index (χ0v) is 45.7. The van der Waals surface area contributed by atoms with Gasteiger partial charge in [0.1, 0.15) is 12.7 Å². The summed E-state index contributed by atoms with van der Waals surface area (Å²) in [6.07, 6.45) is 64.8. The molecule has 0 fully saturated rings. The maximum atomic E-state index is 12.9. The SMILES string of the molecule is CC/C=C\C/C=C\C/C=C\C/C=C\C/C=C\CC(=O)OC(CO)COP(=O)(O)OCC(COC(=O)CCCCC/C=C\C/C=C\C/C=C\CC)OC(=O)CCCCCCCCC/C=C\C/C=C\CCCCC. The van der Waals surface area contributed by atoms with Crippen molar-refractivity contribution in [2.45, 2.75) is 213 Å². The van der Waals surface area contributed by atoms with Gasteiger partial charge in [0.25, 0.3) is 0 Å². The number of allylic oxidation sites excluding steroid dienone is 19. The van der Waals surface area contributed by atoms with Crippen molar-refractivity contribution in [3.63, 3.8) is 0 Å². The zero-order chi connectivity index (χ0) is 52.7. The molecule has 0 saturated heterocycles. The Morgan fingerprint density at radius 3 is 1.24 bits per heavy atom. The lowest BCUT2D eigenvalue weighted by molar-refractivity contribution is -0.161. The van der Waals surface area contributed by atoms with Gasteiger partial charge in [0.2, 0.25) is 0 Å². The quantitative estimate of drug-likeness (QED) is 0.0197. The van der Waals surface area contributed by atoms with Gasteiger partial charge in [0.15, 0.2) is 6.10 Å². The van der Waals surface area contributed by atoms with Crippen molar-refractivity contribution in [2.24, 2.45) is 0 Å². The molecule has 0 saturated carbocycles. The zero-order valence-electron chi connectivity index (χ0n) is 44.8. The molecule has 408 valence electrons. The van der Waals surface area contributed by atoms with Gasteiger partial charge in [0.05, 0.1) is 26.2 Å². The third-order valence-corrected chi connectivity index (χ3v) is 11.8. The molecule has 2 N–H and O–H groups in total. The van der Waals surface area contributed by atoms with Gasteiger partial charge in [-0.2, -0.15) is 0 Å². The summed E-state index contributed by atoms with van der Waals surface area (Å²) in [5.41, 5.74) is 0. The van der Waals surface area contributed by atoms with Crippen LogP contribution >= 0.6 is 7.82 Å². The molecular weight excluding hydrogens is 928 g/mol. The van der Waals surface area contributed by atoms with Crippen LogP contribution in [-0.4, -0.2) is 66.5 Å². The molecule has 72 heavy (non-hydrogen) atoms. The van der Waals surface area contributed by atoms with Crippen LogP contribution in [0.2, 0.25) is 0 Å². The van der Waals surface area contributed by atoms with Crippen molar-refractivity contribution >= 4 is 25.7 Å².